The SMILES string of the molecule is Cc1nc(N)ncc1-c1ccc(Cl)c(S(=O)(=O)N[C@H]2CC[C@@H](NC(=O)OC(C)(C)C)CC2)c1. The van der Waals surface area contributed by atoms with Crippen molar-refractivity contribution in [3.05, 3.63) is 35.1 Å². The number of nitrogens with zero attached hydrogens (tertiary/aromatic N) is 2. The van der Waals surface area contributed by atoms with E-state index in [2.05, 4.69) is 20.0 Å². The molecule has 1 aromatic heterocycles. The number of nitrogens with two attached hydrogens (primary N) is 1. The molecule has 1 aliphatic rings. The summed E-state index contributed by atoms with van der Waals surface area (Å²) in [6, 6.07) is 4.47. The molecule has 180 valence electrons. The summed E-state index contributed by atoms with van der Waals surface area (Å²) in [5.41, 5.74) is 6.98. The van der Waals surface area contributed by atoms with Crippen molar-refractivity contribution in [2.24, 2.45) is 0 Å². The molecule has 1 amide bonds. The van der Waals surface area contributed by atoms with Gasteiger partial charge in [0.2, 0.25) is 16.0 Å². The quantitative estimate of drug-likeness (QED) is 0.573. The van der Waals surface area contributed by atoms with Crippen LogP contribution in [-0.2, 0) is 14.8 Å². The van der Waals surface area contributed by atoms with Crippen molar-refractivity contribution in [2.75, 3.05) is 5.73 Å². The minimum atomic E-state index is -3.87. The van der Waals surface area contributed by atoms with Crippen LogP contribution in [0.1, 0.15) is 52.1 Å². The van der Waals surface area contributed by atoms with E-state index in [4.69, 9.17) is 22.1 Å². The average Bonchev–Trinajstić information content (AvgIpc) is 2.68. The molecule has 0 spiro atoms. The minimum Gasteiger partial charge on any atom is -0.444 e. The maximum atomic E-state index is 13.1. The van der Waals surface area contributed by atoms with E-state index in [0.29, 0.717) is 42.5 Å². The highest BCUT2D eigenvalue weighted by atomic mass is 35.5. The van der Waals surface area contributed by atoms with E-state index in [0.717, 1.165) is 0 Å². The van der Waals surface area contributed by atoms with Crippen LogP contribution in [0.5, 0.6) is 0 Å². The summed E-state index contributed by atoms with van der Waals surface area (Å²) < 4.78 is 34.3. The summed E-state index contributed by atoms with van der Waals surface area (Å²) in [4.78, 5) is 20.1. The highest BCUT2D eigenvalue weighted by Gasteiger charge is 2.29. The van der Waals surface area contributed by atoms with Crippen molar-refractivity contribution in [3.8, 4) is 11.1 Å². The predicted octanol–water partition coefficient (Wildman–Crippen LogP) is 3.80. The van der Waals surface area contributed by atoms with Crippen LogP contribution < -0.4 is 15.8 Å². The molecular formula is C22H30ClN5O4S. The first-order valence-corrected chi connectivity index (χ1v) is 12.6. The number of hydrogen-bond acceptors (Lipinski definition) is 7. The third-order valence-corrected chi connectivity index (χ3v) is 7.30. The molecule has 0 atom stereocenters. The second-order valence-electron chi connectivity index (χ2n) is 9.19. The molecule has 9 nitrogen and oxygen atoms in total. The lowest BCUT2D eigenvalue weighted by atomic mass is 9.92. The zero-order chi connectivity index (χ0) is 24.4. The Balaban J connectivity index is 1.67. The van der Waals surface area contributed by atoms with Crippen LogP contribution in [0.25, 0.3) is 11.1 Å². The van der Waals surface area contributed by atoms with E-state index in [1.165, 1.54) is 6.07 Å². The Morgan fingerprint density at radius 1 is 1.18 bits per heavy atom. The van der Waals surface area contributed by atoms with E-state index in [1.807, 2.05) is 0 Å². The molecule has 2 aromatic rings. The van der Waals surface area contributed by atoms with Crippen LogP contribution in [0.4, 0.5) is 10.7 Å². The van der Waals surface area contributed by atoms with E-state index in [-0.39, 0.29) is 28.0 Å². The summed E-state index contributed by atoms with van der Waals surface area (Å²) in [6.45, 7) is 7.19. The third-order valence-electron chi connectivity index (χ3n) is 5.30. The van der Waals surface area contributed by atoms with Gasteiger partial charge in [0.15, 0.2) is 0 Å². The fourth-order valence-electron chi connectivity index (χ4n) is 3.76. The molecule has 1 fully saturated rings. The number of halogens is 1. The molecule has 1 aromatic carbocycles. The molecule has 1 saturated carbocycles. The Kier molecular flexibility index (Phi) is 7.50. The van der Waals surface area contributed by atoms with E-state index in [9.17, 15) is 13.2 Å². The normalized spacial score (nSPS) is 19.2. The van der Waals surface area contributed by atoms with Gasteiger partial charge in [0, 0.05) is 23.8 Å². The van der Waals surface area contributed by atoms with Gasteiger partial charge < -0.3 is 15.8 Å². The number of alkyl carbamates (subject to hydrolysis) is 1. The fourth-order valence-corrected chi connectivity index (χ4v) is 5.59. The number of hydrogen-bond donors (Lipinski definition) is 3. The standard InChI is InChI=1S/C22H30ClN5O4S/c1-13-17(12-25-20(24)26-13)14-5-10-18(23)19(11-14)33(30,31)28-16-8-6-15(7-9-16)27-21(29)32-22(2,3)4/h5,10-12,15-16,28H,6-9H2,1-4H3,(H,27,29)(H2,24,25,26)/t15-,16+. The molecule has 0 aliphatic heterocycles. The van der Waals surface area contributed by atoms with Crippen molar-refractivity contribution in [2.45, 2.75) is 76.0 Å². The van der Waals surface area contributed by atoms with Crippen molar-refractivity contribution in [3.63, 3.8) is 0 Å². The van der Waals surface area contributed by atoms with E-state index in [1.54, 1.807) is 46.0 Å². The largest absolute Gasteiger partial charge is 0.444 e. The van der Waals surface area contributed by atoms with Crippen LogP contribution in [0, 0.1) is 6.92 Å². The highest BCUT2D eigenvalue weighted by molar-refractivity contribution is 7.89. The number of aromatic nitrogens is 2. The van der Waals surface area contributed by atoms with Crippen molar-refractivity contribution in [1.29, 1.82) is 0 Å². The molecule has 4 N–H and O–H groups in total. The first-order chi connectivity index (χ1) is 15.3. The van der Waals surface area contributed by atoms with Crippen LogP contribution in [-0.4, -0.2) is 42.2 Å². The van der Waals surface area contributed by atoms with Crippen LogP contribution in [0.3, 0.4) is 0 Å². The van der Waals surface area contributed by atoms with Crippen molar-refractivity contribution in [1.82, 2.24) is 20.0 Å². The van der Waals surface area contributed by atoms with Gasteiger partial charge in [-0.1, -0.05) is 17.7 Å². The van der Waals surface area contributed by atoms with Crippen molar-refractivity contribution >= 4 is 33.7 Å². The Bertz CT molecular complexity index is 1130. The molecule has 3 rings (SSSR count). The number of carbonyl (C=O) groups is 1. The molecule has 33 heavy (non-hydrogen) atoms. The summed E-state index contributed by atoms with van der Waals surface area (Å²) in [5, 5.41) is 2.98. The lowest BCUT2D eigenvalue weighted by Crippen LogP contribution is -2.45. The number of aryl methyl sites for hydroxylation is 1. The zero-order valence-electron chi connectivity index (χ0n) is 19.2. The summed E-state index contributed by atoms with van der Waals surface area (Å²) in [5.74, 6) is 0.150. The van der Waals surface area contributed by atoms with Crippen LogP contribution in [0.2, 0.25) is 5.02 Å². The van der Waals surface area contributed by atoms with Gasteiger partial charge in [-0.2, -0.15) is 0 Å². The number of amides is 1. The van der Waals surface area contributed by atoms with E-state index < -0.39 is 21.7 Å². The van der Waals surface area contributed by atoms with E-state index >= 15 is 0 Å². The molecule has 0 radical (unpaired) electrons. The summed E-state index contributed by atoms with van der Waals surface area (Å²) in [6.07, 6.45) is 3.55. The number of nitrogens with one attached hydrogen (secondary N) is 2. The van der Waals surface area contributed by atoms with Crippen molar-refractivity contribution < 1.29 is 17.9 Å². The second-order valence-corrected chi connectivity index (χ2v) is 11.3. The van der Waals surface area contributed by atoms with Gasteiger partial charge in [-0.25, -0.2) is 27.9 Å². The lowest BCUT2D eigenvalue weighted by Gasteiger charge is -2.30. The number of rotatable bonds is 5. The fraction of sp³-hybridized carbons (Fsp3) is 0.500. The number of ether oxygens (including phenoxy) is 1. The Labute approximate surface area is 199 Å². The molecule has 11 heteroatoms. The Hall–Kier alpha value is -2.43. The maximum Gasteiger partial charge on any atom is 0.407 e. The molecule has 1 aliphatic carbocycles. The molecule has 1 heterocycles. The Morgan fingerprint density at radius 3 is 2.42 bits per heavy atom. The average molecular weight is 496 g/mol. The molecule has 0 saturated heterocycles. The minimum absolute atomic E-state index is 0.00750. The molecular weight excluding hydrogens is 466 g/mol. The van der Waals surface area contributed by atoms with Crippen LogP contribution >= 0.6 is 11.6 Å². The van der Waals surface area contributed by atoms with Crippen LogP contribution in [0.15, 0.2) is 29.3 Å². The predicted molar refractivity (Wildman–Crippen MR) is 127 cm³/mol. The smallest absolute Gasteiger partial charge is 0.407 e. The van der Waals surface area contributed by atoms with Gasteiger partial charge in [-0.05, 0) is 71.1 Å². The highest BCUT2D eigenvalue weighted by Crippen LogP contribution is 2.30. The monoisotopic (exact) mass is 495 g/mol. The maximum absolute atomic E-state index is 13.1. The zero-order valence-corrected chi connectivity index (χ0v) is 20.8. The van der Waals surface area contributed by atoms with Gasteiger partial charge in [-0.3, -0.25) is 0 Å². The van der Waals surface area contributed by atoms with Gasteiger partial charge in [0.1, 0.15) is 10.5 Å². The molecule has 0 unspecified atom stereocenters. The first-order valence-electron chi connectivity index (χ1n) is 10.7. The van der Waals surface area contributed by atoms with Gasteiger partial charge in [0.25, 0.3) is 0 Å². The van der Waals surface area contributed by atoms with Gasteiger partial charge >= 0.3 is 6.09 Å². The number of carbonyl (C=O) groups excluding carboxylic acids is 1. The second kappa shape index (κ2) is 9.82. The van der Waals surface area contributed by atoms with Gasteiger partial charge in [-0.15, -0.1) is 0 Å². The summed E-state index contributed by atoms with van der Waals surface area (Å²) in [7, 11) is -3.87. The summed E-state index contributed by atoms with van der Waals surface area (Å²) >= 11 is 6.25. The first kappa shape index (κ1) is 25.2. The number of anilines is 1. The third kappa shape index (κ3) is 6.78. The number of benzene rings is 1. The number of sulfonamides is 1. The van der Waals surface area contributed by atoms with Gasteiger partial charge in [0.05, 0.1) is 10.7 Å². The Morgan fingerprint density at radius 2 is 1.82 bits per heavy atom. The number of nitrogen functional groups attached to an aromatic ring is 1. The lowest BCUT2D eigenvalue weighted by molar-refractivity contribution is 0.0490. The topological polar surface area (TPSA) is 136 Å². The molecule has 0 bridgehead atoms.